The van der Waals surface area contributed by atoms with Crippen molar-refractivity contribution in [2.45, 2.75) is 45.6 Å². The Labute approximate surface area is 140 Å². The molecule has 1 aliphatic heterocycles. The molecule has 0 saturated carbocycles. The highest BCUT2D eigenvalue weighted by atomic mass is 15.2. The van der Waals surface area contributed by atoms with Crippen LogP contribution in [0.2, 0.25) is 0 Å². The maximum Gasteiger partial charge on any atom is 0.0568 e. The number of anilines is 1. The minimum Gasteiger partial charge on any atom is -0.368 e. The Kier molecular flexibility index (Phi) is 5.87. The van der Waals surface area contributed by atoms with Crippen molar-refractivity contribution < 1.29 is 0 Å². The Morgan fingerprint density at radius 1 is 1.22 bits per heavy atom. The first-order valence-electron chi connectivity index (χ1n) is 8.44. The van der Waals surface area contributed by atoms with Crippen LogP contribution in [0.3, 0.4) is 0 Å². The van der Waals surface area contributed by atoms with Crippen molar-refractivity contribution >= 4 is 5.69 Å². The molecule has 1 aromatic heterocycles. The highest BCUT2D eigenvalue weighted by molar-refractivity contribution is 5.70. The molecule has 1 unspecified atom stereocenters. The van der Waals surface area contributed by atoms with Crippen molar-refractivity contribution in [1.29, 1.82) is 0 Å². The average molecular weight is 309 g/mol. The van der Waals surface area contributed by atoms with E-state index in [1.54, 1.807) is 0 Å². The highest BCUT2D eigenvalue weighted by Crippen LogP contribution is 2.34. The van der Waals surface area contributed by atoms with Gasteiger partial charge < -0.3 is 4.90 Å². The monoisotopic (exact) mass is 309 g/mol. The van der Waals surface area contributed by atoms with Crippen LogP contribution in [0.25, 0.3) is 11.1 Å². The quantitative estimate of drug-likeness (QED) is 0.769. The molecule has 122 valence electrons. The number of aromatic nitrogens is 2. The number of nitrogens with zero attached hydrogens (tertiary/aromatic N) is 3. The van der Waals surface area contributed by atoms with E-state index >= 15 is 0 Å². The third-order valence-corrected chi connectivity index (χ3v) is 4.58. The van der Waals surface area contributed by atoms with Crippen LogP contribution in [-0.4, -0.2) is 22.4 Å². The Bertz CT molecular complexity index is 654. The van der Waals surface area contributed by atoms with Crippen LogP contribution >= 0.6 is 0 Å². The molecule has 0 bridgehead atoms. The van der Waals surface area contributed by atoms with Crippen LogP contribution in [0.15, 0.2) is 30.6 Å². The molecule has 0 amide bonds. The van der Waals surface area contributed by atoms with Gasteiger partial charge in [0.05, 0.1) is 6.20 Å². The molecule has 0 radical (unpaired) electrons. The maximum atomic E-state index is 4.27. The van der Waals surface area contributed by atoms with E-state index in [0.29, 0.717) is 6.04 Å². The third-order valence-electron chi connectivity index (χ3n) is 4.58. The molecule has 1 aliphatic rings. The summed E-state index contributed by atoms with van der Waals surface area (Å²) in [6, 6.07) is 7.60. The second-order valence-corrected chi connectivity index (χ2v) is 6.04. The second kappa shape index (κ2) is 7.87. The molecule has 2 aromatic rings. The van der Waals surface area contributed by atoms with E-state index in [1.165, 1.54) is 54.6 Å². The summed E-state index contributed by atoms with van der Waals surface area (Å²) < 4.78 is 1.86. The van der Waals surface area contributed by atoms with E-state index in [-0.39, 0.29) is 0 Å². The lowest BCUT2D eigenvalue weighted by molar-refractivity contribution is 0.540. The fourth-order valence-corrected chi connectivity index (χ4v) is 3.47. The normalized spacial score (nSPS) is 14.0. The molecule has 1 atom stereocenters. The van der Waals surface area contributed by atoms with Crippen molar-refractivity contribution in [2.75, 3.05) is 11.4 Å². The number of hydrogen-bond acceptors (Lipinski definition) is 2. The summed E-state index contributed by atoms with van der Waals surface area (Å²) in [5, 5.41) is 4.27. The summed E-state index contributed by atoms with van der Waals surface area (Å²) in [5.41, 5.74) is 5.43. The summed E-state index contributed by atoms with van der Waals surface area (Å²) in [7, 11) is 1.97. The molecule has 1 aromatic carbocycles. The van der Waals surface area contributed by atoms with Crippen LogP contribution < -0.4 is 4.90 Å². The van der Waals surface area contributed by atoms with Gasteiger partial charge in [-0.1, -0.05) is 26.3 Å². The van der Waals surface area contributed by atoms with Crippen LogP contribution in [0.1, 0.15) is 38.7 Å². The molecule has 0 aliphatic carbocycles. The number of benzene rings is 1. The molecular weight excluding hydrogens is 282 g/mol. The summed E-state index contributed by atoms with van der Waals surface area (Å²) in [4.78, 5) is 2.62. The van der Waals surface area contributed by atoms with Gasteiger partial charge in [0.15, 0.2) is 0 Å². The summed E-state index contributed by atoms with van der Waals surface area (Å²) >= 11 is 0. The lowest BCUT2D eigenvalue weighted by Gasteiger charge is -2.29. The van der Waals surface area contributed by atoms with Gasteiger partial charge in [-0.05, 0) is 42.5 Å². The number of rotatable bonds is 5. The van der Waals surface area contributed by atoms with Gasteiger partial charge in [0, 0.05) is 37.1 Å². The Morgan fingerprint density at radius 3 is 2.61 bits per heavy atom. The SMILES string of the molecule is C#C.CCCC(CC)N1CCc2cc(-c3cnn(C)c3)ccc21. The number of hydrogen-bond donors (Lipinski definition) is 0. The maximum absolute atomic E-state index is 4.27. The average Bonchev–Trinajstić information content (AvgIpc) is 3.20. The van der Waals surface area contributed by atoms with Crippen LogP contribution in [0.4, 0.5) is 5.69 Å². The van der Waals surface area contributed by atoms with E-state index in [1.807, 2.05) is 17.9 Å². The van der Waals surface area contributed by atoms with E-state index in [0.717, 1.165) is 0 Å². The van der Waals surface area contributed by atoms with Crippen LogP contribution in [0, 0.1) is 12.8 Å². The topological polar surface area (TPSA) is 21.1 Å². The van der Waals surface area contributed by atoms with Crippen molar-refractivity contribution in [3.05, 3.63) is 36.2 Å². The van der Waals surface area contributed by atoms with E-state index in [4.69, 9.17) is 0 Å². The Balaban J connectivity index is 0.000000924. The first kappa shape index (κ1) is 17.1. The summed E-state index contributed by atoms with van der Waals surface area (Å²) in [6.45, 7) is 5.76. The minimum atomic E-state index is 0.695. The fraction of sp³-hybridized carbons (Fsp3) is 0.450. The van der Waals surface area contributed by atoms with Gasteiger partial charge in [0.2, 0.25) is 0 Å². The van der Waals surface area contributed by atoms with Crippen molar-refractivity contribution in [2.24, 2.45) is 7.05 Å². The molecule has 3 nitrogen and oxygen atoms in total. The molecule has 23 heavy (non-hydrogen) atoms. The van der Waals surface area contributed by atoms with Crippen LogP contribution in [-0.2, 0) is 13.5 Å². The first-order chi connectivity index (χ1) is 11.2. The van der Waals surface area contributed by atoms with E-state index in [9.17, 15) is 0 Å². The standard InChI is InChI=1S/C18H25N3.C2H2/c1-4-6-17(5-2)21-10-9-15-11-14(7-8-18(15)21)16-12-19-20(3)13-16;1-2/h7-8,11-13,17H,4-6,9-10H2,1-3H3;1-2H. The van der Waals surface area contributed by atoms with E-state index in [2.05, 4.69) is 61.1 Å². The predicted octanol–water partition coefficient (Wildman–Crippen LogP) is 4.28. The Hall–Kier alpha value is -2.21. The third kappa shape index (κ3) is 3.59. The first-order valence-corrected chi connectivity index (χ1v) is 8.44. The summed E-state index contributed by atoms with van der Waals surface area (Å²) in [6.07, 6.45) is 17.0. The smallest absolute Gasteiger partial charge is 0.0568 e. The van der Waals surface area contributed by atoms with Gasteiger partial charge in [-0.25, -0.2) is 0 Å². The predicted molar refractivity (Wildman–Crippen MR) is 98.6 cm³/mol. The fourth-order valence-electron chi connectivity index (χ4n) is 3.47. The second-order valence-electron chi connectivity index (χ2n) is 6.04. The highest BCUT2D eigenvalue weighted by Gasteiger charge is 2.24. The van der Waals surface area contributed by atoms with Crippen molar-refractivity contribution in [3.8, 4) is 24.0 Å². The van der Waals surface area contributed by atoms with Gasteiger partial charge in [-0.3, -0.25) is 4.68 Å². The van der Waals surface area contributed by atoms with E-state index < -0.39 is 0 Å². The summed E-state index contributed by atoms with van der Waals surface area (Å²) in [5.74, 6) is 0. The van der Waals surface area contributed by atoms with Gasteiger partial charge in [-0.15, -0.1) is 12.8 Å². The van der Waals surface area contributed by atoms with Gasteiger partial charge in [0.25, 0.3) is 0 Å². The number of aryl methyl sites for hydroxylation is 1. The molecule has 0 fully saturated rings. The molecule has 0 spiro atoms. The molecule has 3 rings (SSSR count). The number of terminal acetylenes is 1. The Morgan fingerprint density at radius 2 is 2.00 bits per heavy atom. The molecule has 0 N–H and O–H groups in total. The molecule has 3 heteroatoms. The lowest BCUT2D eigenvalue weighted by Crippen LogP contribution is -2.33. The van der Waals surface area contributed by atoms with Gasteiger partial charge in [0.1, 0.15) is 0 Å². The zero-order chi connectivity index (χ0) is 16.8. The van der Waals surface area contributed by atoms with Crippen molar-refractivity contribution in [1.82, 2.24) is 9.78 Å². The minimum absolute atomic E-state index is 0.695. The van der Waals surface area contributed by atoms with Crippen LogP contribution in [0.5, 0.6) is 0 Å². The molecular formula is C20H27N3. The molecule has 0 saturated heterocycles. The van der Waals surface area contributed by atoms with Gasteiger partial charge >= 0.3 is 0 Å². The zero-order valence-electron chi connectivity index (χ0n) is 14.5. The number of fused-ring (bicyclic) bond motifs is 1. The largest absolute Gasteiger partial charge is 0.368 e. The zero-order valence-corrected chi connectivity index (χ0v) is 14.5. The van der Waals surface area contributed by atoms with Gasteiger partial charge in [-0.2, -0.15) is 5.10 Å². The van der Waals surface area contributed by atoms with Crippen molar-refractivity contribution in [3.63, 3.8) is 0 Å². The molecule has 2 heterocycles. The lowest BCUT2D eigenvalue weighted by atomic mass is 10.0.